The van der Waals surface area contributed by atoms with Crippen LogP contribution in [0.15, 0.2) is 34.1 Å². The van der Waals surface area contributed by atoms with E-state index in [-0.39, 0.29) is 12.1 Å². The molecule has 0 spiro atoms. The number of carbonyl (C=O) groups is 1. The number of carbonyl (C=O) groups excluding carboxylic acids is 1. The number of nitrogens with two attached hydrogens (primary N) is 1. The van der Waals surface area contributed by atoms with Crippen molar-refractivity contribution in [2.45, 2.75) is 20.0 Å². The third-order valence-corrected chi connectivity index (χ3v) is 4.03. The van der Waals surface area contributed by atoms with E-state index in [2.05, 4.69) is 15.9 Å². The number of nitrogen functional groups attached to an aromatic ring is 1. The summed E-state index contributed by atoms with van der Waals surface area (Å²) < 4.78 is 6.17. The lowest BCUT2D eigenvalue weighted by molar-refractivity contribution is 0.0380. The molecule has 1 heterocycles. The van der Waals surface area contributed by atoms with Crippen molar-refractivity contribution in [2.24, 2.45) is 0 Å². The van der Waals surface area contributed by atoms with Crippen LogP contribution in [0.2, 0.25) is 0 Å². The lowest BCUT2D eigenvalue weighted by Crippen LogP contribution is -2.13. The molecular formula is C14H14BrNO2S. The second-order valence-electron chi connectivity index (χ2n) is 4.32. The van der Waals surface area contributed by atoms with Gasteiger partial charge in [-0.05, 0) is 25.5 Å². The molecule has 0 atom stereocenters. The molecule has 3 nitrogen and oxygen atoms in total. The summed E-state index contributed by atoms with van der Waals surface area (Å²) in [5.74, 6) is -0.375. The monoisotopic (exact) mass is 339 g/mol. The third-order valence-electron chi connectivity index (χ3n) is 2.53. The number of rotatable bonds is 3. The highest BCUT2D eigenvalue weighted by Gasteiger charge is 2.21. The van der Waals surface area contributed by atoms with E-state index in [4.69, 9.17) is 10.5 Å². The molecule has 2 N–H and O–H groups in total. The van der Waals surface area contributed by atoms with Crippen LogP contribution in [0, 0.1) is 0 Å². The highest BCUT2D eigenvalue weighted by atomic mass is 79.9. The van der Waals surface area contributed by atoms with Crippen LogP contribution in [0.4, 0.5) is 5.00 Å². The number of thiophene rings is 1. The topological polar surface area (TPSA) is 52.3 Å². The van der Waals surface area contributed by atoms with Gasteiger partial charge in [-0.3, -0.25) is 0 Å². The number of benzene rings is 1. The Morgan fingerprint density at radius 2 is 2.00 bits per heavy atom. The Kier molecular flexibility index (Phi) is 4.27. The standard InChI is InChI=1S/C14H14BrNO2S/c1-8(2)18-14(17)12-10(7-19-13(12)16)9-5-3-4-6-11(9)15/h3-8H,16H2,1-2H3. The molecule has 0 amide bonds. The summed E-state index contributed by atoms with van der Waals surface area (Å²) in [5.41, 5.74) is 8.10. The Morgan fingerprint density at radius 3 is 2.63 bits per heavy atom. The van der Waals surface area contributed by atoms with Crippen LogP contribution in [0.1, 0.15) is 24.2 Å². The maximum atomic E-state index is 12.1. The summed E-state index contributed by atoms with van der Waals surface area (Å²) >= 11 is 4.83. The number of ether oxygens (including phenoxy) is 1. The van der Waals surface area contributed by atoms with E-state index in [1.807, 2.05) is 43.5 Å². The van der Waals surface area contributed by atoms with Gasteiger partial charge in [0.25, 0.3) is 0 Å². The second-order valence-corrected chi connectivity index (χ2v) is 6.09. The summed E-state index contributed by atoms with van der Waals surface area (Å²) in [5, 5.41) is 2.36. The van der Waals surface area contributed by atoms with Gasteiger partial charge >= 0.3 is 5.97 Å². The predicted molar refractivity (Wildman–Crippen MR) is 82.4 cm³/mol. The number of hydrogen-bond acceptors (Lipinski definition) is 4. The fourth-order valence-electron chi connectivity index (χ4n) is 1.73. The van der Waals surface area contributed by atoms with E-state index < -0.39 is 0 Å². The zero-order valence-electron chi connectivity index (χ0n) is 10.6. The van der Waals surface area contributed by atoms with Crippen molar-refractivity contribution in [1.82, 2.24) is 0 Å². The first-order chi connectivity index (χ1) is 9.00. The first-order valence-corrected chi connectivity index (χ1v) is 7.50. The van der Waals surface area contributed by atoms with Gasteiger partial charge in [0.15, 0.2) is 0 Å². The molecule has 1 aromatic carbocycles. The molecule has 0 bridgehead atoms. The van der Waals surface area contributed by atoms with Crippen LogP contribution in [0.5, 0.6) is 0 Å². The Balaban J connectivity index is 2.49. The van der Waals surface area contributed by atoms with Crippen molar-refractivity contribution in [3.05, 3.63) is 39.7 Å². The first kappa shape index (κ1) is 14.1. The van der Waals surface area contributed by atoms with Gasteiger partial charge in [-0.25, -0.2) is 4.79 Å². The van der Waals surface area contributed by atoms with E-state index in [9.17, 15) is 4.79 Å². The third kappa shape index (κ3) is 2.98. The van der Waals surface area contributed by atoms with Crippen LogP contribution < -0.4 is 5.73 Å². The highest BCUT2D eigenvalue weighted by Crippen LogP contribution is 2.37. The Bertz CT molecular complexity index is 607. The molecule has 2 aromatic rings. The summed E-state index contributed by atoms with van der Waals surface area (Å²) in [4.78, 5) is 12.1. The average molecular weight is 340 g/mol. The number of esters is 1. The molecule has 0 aliphatic rings. The summed E-state index contributed by atoms with van der Waals surface area (Å²) in [6, 6.07) is 7.72. The molecule has 0 saturated carbocycles. The minimum atomic E-state index is -0.375. The van der Waals surface area contributed by atoms with Crippen LogP contribution in [-0.4, -0.2) is 12.1 Å². The molecule has 19 heavy (non-hydrogen) atoms. The van der Waals surface area contributed by atoms with Gasteiger partial charge in [0.2, 0.25) is 0 Å². The van der Waals surface area contributed by atoms with Crippen molar-refractivity contribution in [2.75, 3.05) is 5.73 Å². The number of halogens is 1. The van der Waals surface area contributed by atoms with E-state index in [0.717, 1.165) is 15.6 Å². The zero-order chi connectivity index (χ0) is 14.0. The van der Waals surface area contributed by atoms with Gasteiger partial charge in [0.05, 0.1) is 6.10 Å². The zero-order valence-corrected chi connectivity index (χ0v) is 13.0. The van der Waals surface area contributed by atoms with E-state index in [0.29, 0.717) is 10.6 Å². The molecule has 0 unspecified atom stereocenters. The number of hydrogen-bond donors (Lipinski definition) is 1. The second kappa shape index (κ2) is 5.75. The molecule has 100 valence electrons. The smallest absolute Gasteiger partial charge is 0.342 e. The Hall–Kier alpha value is -1.33. The normalized spacial score (nSPS) is 10.7. The van der Waals surface area contributed by atoms with Crippen molar-refractivity contribution < 1.29 is 9.53 Å². The molecule has 0 radical (unpaired) electrons. The van der Waals surface area contributed by atoms with Crippen molar-refractivity contribution >= 4 is 38.2 Å². The molecule has 0 aliphatic carbocycles. The van der Waals surface area contributed by atoms with Gasteiger partial charge in [0.1, 0.15) is 10.6 Å². The summed E-state index contributed by atoms with van der Waals surface area (Å²) in [7, 11) is 0. The largest absolute Gasteiger partial charge is 0.459 e. The Morgan fingerprint density at radius 1 is 1.32 bits per heavy atom. The van der Waals surface area contributed by atoms with Crippen LogP contribution in [0.3, 0.4) is 0 Å². The average Bonchev–Trinajstić information content (AvgIpc) is 2.70. The maximum Gasteiger partial charge on any atom is 0.342 e. The Labute approximate surface area is 124 Å². The quantitative estimate of drug-likeness (QED) is 0.847. The fraction of sp³-hybridized carbons (Fsp3) is 0.214. The van der Waals surface area contributed by atoms with Gasteiger partial charge in [-0.15, -0.1) is 11.3 Å². The molecule has 1 aromatic heterocycles. The first-order valence-electron chi connectivity index (χ1n) is 5.83. The van der Waals surface area contributed by atoms with Gasteiger partial charge in [-0.1, -0.05) is 34.1 Å². The minimum absolute atomic E-state index is 0.168. The minimum Gasteiger partial charge on any atom is -0.459 e. The van der Waals surface area contributed by atoms with Crippen molar-refractivity contribution in [3.63, 3.8) is 0 Å². The molecular weight excluding hydrogens is 326 g/mol. The van der Waals surface area contributed by atoms with E-state index >= 15 is 0 Å². The lowest BCUT2D eigenvalue weighted by atomic mass is 10.0. The molecule has 0 aliphatic heterocycles. The SMILES string of the molecule is CC(C)OC(=O)c1c(-c2ccccc2Br)csc1N. The van der Waals surface area contributed by atoms with E-state index in [1.165, 1.54) is 11.3 Å². The number of anilines is 1. The predicted octanol–water partition coefficient (Wildman–Crippen LogP) is 4.33. The molecule has 0 saturated heterocycles. The summed E-state index contributed by atoms with van der Waals surface area (Å²) in [6.45, 7) is 3.64. The molecule has 5 heteroatoms. The van der Waals surface area contributed by atoms with Crippen LogP contribution in [-0.2, 0) is 4.74 Å². The lowest BCUT2D eigenvalue weighted by Gasteiger charge is -2.10. The van der Waals surface area contributed by atoms with Crippen molar-refractivity contribution in [3.8, 4) is 11.1 Å². The van der Waals surface area contributed by atoms with Crippen LogP contribution in [0.25, 0.3) is 11.1 Å². The van der Waals surface area contributed by atoms with Crippen LogP contribution >= 0.6 is 27.3 Å². The van der Waals surface area contributed by atoms with Gasteiger partial charge < -0.3 is 10.5 Å². The van der Waals surface area contributed by atoms with Gasteiger partial charge in [-0.2, -0.15) is 0 Å². The van der Waals surface area contributed by atoms with Crippen molar-refractivity contribution in [1.29, 1.82) is 0 Å². The van der Waals surface area contributed by atoms with E-state index in [1.54, 1.807) is 0 Å². The van der Waals surface area contributed by atoms with Gasteiger partial charge in [0, 0.05) is 15.4 Å². The maximum absolute atomic E-state index is 12.1. The summed E-state index contributed by atoms with van der Waals surface area (Å²) in [6.07, 6.45) is -0.168. The molecule has 2 rings (SSSR count). The highest BCUT2D eigenvalue weighted by molar-refractivity contribution is 9.10. The fourth-order valence-corrected chi connectivity index (χ4v) is 3.03. The molecule has 0 fully saturated rings.